The van der Waals surface area contributed by atoms with E-state index in [4.69, 9.17) is 0 Å². The van der Waals surface area contributed by atoms with Crippen LogP contribution in [0.2, 0.25) is 0 Å². The molecular weight excluding hydrogens is 190 g/mol. The van der Waals surface area contributed by atoms with Crippen LogP contribution in [0.5, 0.6) is 0 Å². The van der Waals surface area contributed by atoms with Gasteiger partial charge in [-0.25, -0.2) is 0 Å². The number of hydrogen-bond donors (Lipinski definition) is 1. The highest BCUT2D eigenvalue weighted by molar-refractivity contribution is 7.09. The molecule has 2 heteroatoms. The maximum atomic E-state index is 3.29. The lowest BCUT2D eigenvalue weighted by Gasteiger charge is -2.16. The molecule has 0 aromatic carbocycles. The van der Waals surface area contributed by atoms with E-state index in [0.717, 1.165) is 5.92 Å². The lowest BCUT2D eigenvalue weighted by atomic mass is 9.97. The molecule has 1 rings (SSSR count). The number of rotatable bonds is 6. The van der Waals surface area contributed by atoms with Crippen molar-refractivity contribution in [3.05, 3.63) is 22.4 Å². The molecule has 14 heavy (non-hydrogen) atoms. The van der Waals surface area contributed by atoms with Crippen LogP contribution in [0.25, 0.3) is 0 Å². The van der Waals surface area contributed by atoms with Crippen molar-refractivity contribution < 1.29 is 0 Å². The van der Waals surface area contributed by atoms with Gasteiger partial charge in [-0.2, -0.15) is 0 Å². The van der Waals surface area contributed by atoms with E-state index in [1.165, 1.54) is 24.1 Å². The van der Waals surface area contributed by atoms with Crippen molar-refractivity contribution in [3.8, 4) is 0 Å². The average Bonchev–Trinajstić information content (AvgIpc) is 2.67. The summed E-state index contributed by atoms with van der Waals surface area (Å²) in [6.45, 7) is 4.60. The fourth-order valence-corrected chi connectivity index (χ4v) is 2.41. The monoisotopic (exact) mass is 211 g/mol. The Balaban J connectivity index is 2.18. The molecular formula is C12H21NS. The molecule has 2 atom stereocenters. The first-order valence-electron chi connectivity index (χ1n) is 5.42. The zero-order chi connectivity index (χ0) is 10.4. The average molecular weight is 211 g/mol. The minimum atomic E-state index is 0.647. The summed E-state index contributed by atoms with van der Waals surface area (Å²) in [5, 5.41) is 5.45. The smallest absolute Gasteiger partial charge is 0.00453 e. The quantitative estimate of drug-likeness (QED) is 0.761. The summed E-state index contributed by atoms with van der Waals surface area (Å²) in [6.07, 6.45) is 3.84. The van der Waals surface area contributed by atoms with E-state index in [2.05, 4.69) is 36.7 Å². The maximum Gasteiger partial charge on any atom is 0.00453 e. The van der Waals surface area contributed by atoms with Crippen molar-refractivity contribution in [2.24, 2.45) is 5.92 Å². The van der Waals surface area contributed by atoms with Gasteiger partial charge < -0.3 is 5.32 Å². The second-order valence-corrected chi connectivity index (χ2v) is 5.18. The highest BCUT2D eigenvalue weighted by Crippen LogP contribution is 2.17. The molecule has 1 N–H and O–H groups in total. The molecule has 2 unspecified atom stereocenters. The summed E-state index contributed by atoms with van der Waals surface area (Å²) in [5.41, 5.74) is 0. The standard InChI is InChI=1S/C12H21NS/c1-10(9-11(2)13-3)6-7-12-5-4-8-14-12/h4-5,8,10-11,13H,6-7,9H2,1-3H3. The third-order valence-corrected chi connectivity index (χ3v) is 3.65. The summed E-state index contributed by atoms with van der Waals surface area (Å²) in [5.74, 6) is 0.819. The van der Waals surface area contributed by atoms with Crippen LogP contribution < -0.4 is 5.32 Å². The largest absolute Gasteiger partial charge is 0.317 e. The second kappa shape index (κ2) is 6.20. The third kappa shape index (κ3) is 4.25. The molecule has 0 bridgehead atoms. The molecule has 0 aliphatic carbocycles. The van der Waals surface area contributed by atoms with Crippen LogP contribution in [0.1, 0.15) is 31.6 Å². The van der Waals surface area contributed by atoms with Gasteiger partial charge in [0.05, 0.1) is 0 Å². The predicted octanol–water partition coefficient (Wildman–Crippen LogP) is 3.31. The number of hydrogen-bond acceptors (Lipinski definition) is 2. The first-order chi connectivity index (χ1) is 6.72. The van der Waals surface area contributed by atoms with Gasteiger partial charge in [0.25, 0.3) is 0 Å². The molecule has 1 heterocycles. The summed E-state index contributed by atoms with van der Waals surface area (Å²) in [7, 11) is 2.04. The molecule has 0 radical (unpaired) electrons. The lowest BCUT2D eigenvalue weighted by molar-refractivity contribution is 0.421. The fourth-order valence-electron chi connectivity index (χ4n) is 1.68. The molecule has 0 fully saturated rings. The molecule has 1 aromatic heterocycles. The highest BCUT2D eigenvalue weighted by atomic mass is 32.1. The summed E-state index contributed by atoms with van der Waals surface area (Å²) < 4.78 is 0. The first kappa shape index (κ1) is 11.7. The minimum absolute atomic E-state index is 0.647. The fraction of sp³-hybridized carbons (Fsp3) is 0.667. The molecule has 0 aliphatic heterocycles. The number of thiophene rings is 1. The van der Waals surface area contributed by atoms with Gasteiger partial charge >= 0.3 is 0 Å². The highest BCUT2D eigenvalue weighted by Gasteiger charge is 2.07. The van der Waals surface area contributed by atoms with Crippen LogP contribution >= 0.6 is 11.3 Å². The Morgan fingerprint density at radius 1 is 1.43 bits per heavy atom. The minimum Gasteiger partial charge on any atom is -0.317 e. The van der Waals surface area contributed by atoms with E-state index < -0.39 is 0 Å². The Hall–Kier alpha value is -0.340. The van der Waals surface area contributed by atoms with Crippen molar-refractivity contribution in [3.63, 3.8) is 0 Å². The third-order valence-electron chi connectivity index (χ3n) is 2.71. The van der Waals surface area contributed by atoms with Gasteiger partial charge in [0.2, 0.25) is 0 Å². The van der Waals surface area contributed by atoms with Crippen molar-refractivity contribution in [1.82, 2.24) is 5.32 Å². The summed E-state index contributed by atoms with van der Waals surface area (Å²) in [6, 6.07) is 5.02. The Morgan fingerprint density at radius 2 is 2.21 bits per heavy atom. The molecule has 1 aromatic rings. The van der Waals surface area contributed by atoms with E-state index >= 15 is 0 Å². The Bertz CT molecular complexity index is 230. The Labute approximate surface area is 91.5 Å². The zero-order valence-corrected chi connectivity index (χ0v) is 10.2. The molecule has 0 aliphatic rings. The molecule has 0 saturated carbocycles. The van der Waals surface area contributed by atoms with E-state index in [9.17, 15) is 0 Å². The van der Waals surface area contributed by atoms with Crippen LogP contribution in [0.3, 0.4) is 0 Å². The van der Waals surface area contributed by atoms with Gasteiger partial charge in [-0.1, -0.05) is 13.0 Å². The molecule has 0 amide bonds. The van der Waals surface area contributed by atoms with Gasteiger partial charge in [-0.15, -0.1) is 11.3 Å². The second-order valence-electron chi connectivity index (χ2n) is 4.15. The van der Waals surface area contributed by atoms with Crippen molar-refractivity contribution in [2.75, 3.05) is 7.05 Å². The van der Waals surface area contributed by atoms with Gasteiger partial charge in [0.15, 0.2) is 0 Å². The first-order valence-corrected chi connectivity index (χ1v) is 6.30. The molecule has 80 valence electrons. The number of aryl methyl sites for hydroxylation is 1. The lowest BCUT2D eigenvalue weighted by Crippen LogP contribution is -2.23. The summed E-state index contributed by atoms with van der Waals surface area (Å²) >= 11 is 1.87. The predicted molar refractivity (Wildman–Crippen MR) is 64.9 cm³/mol. The zero-order valence-electron chi connectivity index (χ0n) is 9.42. The SMILES string of the molecule is CNC(C)CC(C)CCc1cccs1. The van der Waals surface area contributed by atoms with E-state index in [-0.39, 0.29) is 0 Å². The van der Waals surface area contributed by atoms with Crippen LogP contribution in [-0.2, 0) is 6.42 Å². The van der Waals surface area contributed by atoms with Gasteiger partial charge in [-0.3, -0.25) is 0 Å². The van der Waals surface area contributed by atoms with E-state index in [1.54, 1.807) is 0 Å². The van der Waals surface area contributed by atoms with Crippen LogP contribution in [0.15, 0.2) is 17.5 Å². The van der Waals surface area contributed by atoms with Crippen LogP contribution in [0.4, 0.5) is 0 Å². The summed E-state index contributed by atoms with van der Waals surface area (Å²) in [4.78, 5) is 1.52. The Morgan fingerprint density at radius 3 is 2.79 bits per heavy atom. The molecule has 1 nitrogen and oxygen atoms in total. The van der Waals surface area contributed by atoms with Gasteiger partial charge in [0, 0.05) is 10.9 Å². The van der Waals surface area contributed by atoms with Gasteiger partial charge in [0.1, 0.15) is 0 Å². The maximum absolute atomic E-state index is 3.29. The van der Waals surface area contributed by atoms with Crippen LogP contribution in [0, 0.1) is 5.92 Å². The van der Waals surface area contributed by atoms with Crippen molar-refractivity contribution in [1.29, 1.82) is 0 Å². The van der Waals surface area contributed by atoms with Crippen LogP contribution in [-0.4, -0.2) is 13.1 Å². The normalized spacial score (nSPS) is 15.4. The Kier molecular flexibility index (Phi) is 5.20. The topological polar surface area (TPSA) is 12.0 Å². The van der Waals surface area contributed by atoms with E-state index in [0.29, 0.717) is 6.04 Å². The van der Waals surface area contributed by atoms with Crippen molar-refractivity contribution in [2.45, 2.75) is 39.2 Å². The number of nitrogens with one attached hydrogen (secondary N) is 1. The molecule has 0 spiro atoms. The van der Waals surface area contributed by atoms with Crippen molar-refractivity contribution >= 4 is 11.3 Å². The van der Waals surface area contributed by atoms with E-state index in [1.807, 2.05) is 18.4 Å². The van der Waals surface area contributed by atoms with Gasteiger partial charge in [-0.05, 0) is 50.6 Å². The molecule has 0 saturated heterocycles.